The van der Waals surface area contributed by atoms with E-state index < -0.39 is 0 Å². The van der Waals surface area contributed by atoms with E-state index in [0.717, 1.165) is 16.9 Å². The number of ether oxygens (including phenoxy) is 2. The van der Waals surface area contributed by atoms with Gasteiger partial charge in [0.15, 0.2) is 11.5 Å². The zero-order valence-electron chi connectivity index (χ0n) is 14.5. The van der Waals surface area contributed by atoms with Gasteiger partial charge in [0.05, 0.1) is 25.0 Å². The molecule has 2 aromatic carbocycles. The summed E-state index contributed by atoms with van der Waals surface area (Å²) in [6, 6.07) is 14.8. The van der Waals surface area contributed by atoms with E-state index in [1.54, 1.807) is 17.2 Å². The second-order valence-electron chi connectivity index (χ2n) is 6.06. The molecule has 1 atom stereocenters. The Morgan fingerprint density at radius 3 is 2.67 bits per heavy atom. The maximum absolute atomic E-state index is 12.4. The number of amides is 2. The number of rotatable bonds is 6. The largest absolute Gasteiger partial charge is 0.454 e. The van der Waals surface area contributed by atoms with E-state index >= 15 is 0 Å². The van der Waals surface area contributed by atoms with Crippen molar-refractivity contribution in [3.05, 3.63) is 72.1 Å². The fourth-order valence-corrected chi connectivity index (χ4v) is 2.86. The van der Waals surface area contributed by atoms with Gasteiger partial charge in [0, 0.05) is 6.54 Å². The van der Waals surface area contributed by atoms with Crippen LogP contribution in [0.15, 0.2) is 60.9 Å². The van der Waals surface area contributed by atoms with E-state index in [1.165, 1.54) is 0 Å². The zero-order valence-corrected chi connectivity index (χ0v) is 14.5. The van der Waals surface area contributed by atoms with Crippen LogP contribution in [-0.2, 0) is 13.1 Å². The molecule has 0 aliphatic carbocycles. The van der Waals surface area contributed by atoms with Gasteiger partial charge < -0.3 is 20.1 Å². The van der Waals surface area contributed by atoms with E-state index in [4.69, 9.17) is 9.47 Å². The molecule has 1 aromatic heterocycles. The molecule has 2 heterocycles. The third-order valence-electron chi connectivity index (χ3n) is 4.21. The van der Waals surface area contributed by atoms with Gasteiger partial charge in [-0.3, -0.25) is 0 Å². The Balaban J connectivity index is 1.39. The highest BCUT2D eigenvalue weighted by molar-refractivity contribution is 5.74. The van der Waals surface area contributed by atoms with Crippen LogP contribution in [0.4, 0.5) is 4.79 Å². The summed E-state index contributed by atoms with van der Waals surface area (Å²) in [4.78, 5) is 14.0. The van der Waals surface area contributed by atoms with E-state index in [-0.39, 0.29) is 18.9 Å². The van der Waals surface area contributed by atoms with Crippen LogP contribution in [0.3, 0.4) is 0 Å². The maximum Gasteiger partial charge on any atom is 0.315 e. The van der Waals surface area contributed by atoms with Crippen molar-refractivity contribution >= 4 is 6.03 Å². The van der Waals surface area contributed by atoms with Gasteiger partial charge in [0.1, 0.15) is 0 Å². The quantitative estimate of drug-likeness (QED) is 0.699. The van der Waals surface area contributed by atoms with Crippen LogP contribution in [0.5, 0.6) is 11.5 Å². The van der Waals surface area contributed by atoms with Gasteiger partial charge >= 0.3 is 6.03 Å². The molecule has 4 rings (SSSR count). The fraction of sp³-hybridized carbons (Fsp3) is 0.211. The summed E-state index contributed by atoms with van der Waals surface area (Å²) in [5.41, 5.74) is 1.91. The van der Waals surface area contributed by atoms with Crippen LogP contribution in [0.1, 0.15) is 17.2 Å². The van der Waals surface area contributed by atoms with Gasteiger partial charge in [0.2, 0.25) is 6.79 Å². The molecular formula is C19H19N5O3. The van der Waals surface area contributed by atoms with Crippen molar-refractivity contribution in [1.82, 2.24) is 25.6 Å². The minimum Gasteiger partial charge on any atom is -0.454 e. The average molecular weight is 365 g/mol. The molecule has 8 nitrogen and oxygen atoms in total. The molecule has 3 aromatic rings. The lowest BCUT2D eigenvalue weighted by atomic mass is 10.1. The third-order valence-corrected chi connectivity index (χ3v) is 4.21. The molecule has 0 saturated carbocycles. The van der Waals surface area contributed by atoms with Crippen LogP contribution in [0.2, 0.25) is 0 Å². The lowest BCUT2D eigenvalue weighted by Crippen LogP contribution is -2.39. The van der Waals surface area contributed by atoms with Gasteiger partial charge in [-0.25, -0.2) is 4.79 Å². The summed E-state index contributed by atoms with van der Waals surface area (Å²) in [6.45, 7) is 1.05. The first-order valence-electron chi connectivity index (χ1n) is 8.60. The number of nitrogens with one attached hydrogen (secondary N) is 2. The lowest BCUT2D eigenvalue weighted by Gasteiger charge is -2.19. The monoisotopic (exact) mass is 365 g/mol. The van der Waals surface area contributed by atoms with Crippen LogP contribution in [0.25, 0.3) is 0 Å². The van der Waals surface area contributed by atoms with Gasteiger partial charge in [-0.15, -0.1) is 0 Å². The number of aromatic nitrogens is 3. The first-order chi connectivity index (χ1) is 13.3. The smallest absolute Gasteiger partial charge is 0.315 e. The molecule has 0 spiro atoms. The summed E-state index contributed by atoms with van der Waals surface area (Å²) in [7, 11) is 0. The Kier molecular flexibility index (Phi) is 4.86. The summed E-state index contributed by atoms with van der Waals surface area (Å²) in [6.07, 6.45) is 3.23. The Morgan fingerprint density at radius 2 is 1.85 bits per heavy atom. The molecule has 27 heavy (non-hydrogen) atoms. The van der Waals surface area contributed by atoms with Crippen molar-refractivity contribution in [1.29, 1.82) is 0 Å². The van der Waals surface area contributed by atoms with Crippen LogP contribution in [0, 0.1) is 0 Å². The van der Waals surface area contributed by atoms with Crippen molar-refractivity contribution in [3.8, 4) is 11.5 Å². The number of hydrogen-bond donors (Lipinski definition) is 2. The molecule has 2 amide bonds. The average Bonchev–Trinajstić information content (AvgIpc) is 3.38. The molecule has 2 N–H and O–H groups in total. The number of urea groups is 1. The second-order valence-corrected chi connectivity index (χ2v) is 6.06. The molecular weight excluding hydrogens is 346 g/mol. The van der Waals surface area contributed by atoms with Gasteiger partial charge in [-0.05, 0) is 23.3 Å². The number of carbonyl (C=O) groups is 1. The highest BCUT2D eigenvalue weighted by Crippen LogP contribution is 2.32. The molecule has 0 bridgehead atoms. The molecule has 8 heteroatoms. The van der Waals surface area contributed by atoms with Crippen molar-refractivity contribution in [2.24, 2.45) is 0 Å². The van der Waals surface area contributed by atoms with Crippen molar-refractivity contribution in [2.75, 3.05) is 6.79 Å². The zero-order chi connectivity index (χ0) is 18.5. The Hall–Kier alpha value is -3.55. The Morgan fingerprint density at radius 1 is 1.07 bits per heavy atom. The van der Waals surface area contributed by atoms with E-state index in [9.17, 15) is 4.79 Å². The minimum absolute atomic E-state index is 0.229. The number of nitrogens with zero attached hydrogens (tertiary/aromatic N) is 3. The lowest BCUT2D eigenvalue weighted by molar-refractivity contribution is 0.174. The Labute approximate surface area is 156 Å². The molecule has 1 aliphatic rings. The summed E-state index contributed by atoms with van der Waals surface area (Å²) >= 11 is 0. The molecule has 1 aliphatic heterocycles. The summed E-state index contributed by atoms with van der Waals surface area (Å²) in [5, 5.41) is 14.1. The standard InChI is InChI=1S/C19H19N5O3/c25-19(20-11-14-6-7-17-18(10-14)27-13-26-17)23-16(12-24-21-8-9-22-24)15-4-2-1-3-5-15/h1-10,16H,11-13H2,(H2,20,23,25). The second kappa shape index (κ2) is 7.77. The van der Waals surface area contributed by atoms with Crippen LogP contribution < -0.4 is 20.1 Å². The normalized spacial score (nSPS) is 13.2. The van der Waals surface area contributed by atoms with Crippen molar-refractivity contribution in [2.45, 2.75) is 19.1 Å². The Bertz CT molecular complexity index is 899. The third kappa shape index (κ3) is 4.17. The first-order valence-corrected chi connectivity index (χ1v) is 8.60. The number of fused-ring (bicyclic) bond motifs is 1. The summed E-state index contributed by atoms with van der Waals surface area (Å²) in [5.74, 6) is 1.42. The maximum atomic E-state index is 12.4. The van der Waals surface area contributed by atoms with Crippen LogP contribution in [-0.4, -0.2) is 27.8 Å². The fourth-order valence-electron chi connectivity index (χ4n) is 2.86. The van der Waals surface area contributed by atoms with Crippen molar-refractivity contribution < 1.29 is 14.3 Å². The van der Waals surface area contributed by atoms with E-state index in [0.29, 0.717) is 18.8 Å². The minimum atomic E-state index is -0.270. The number of benzene rings is 2. The van der Waals surface area contributed by atoms with Crippen molar-refractivity contribution in [3.63, 3.8) is 0 Å². The molecule has 0 fully saturated rings. The predicted molar refractivity (Wildman–Crippen MR) is 97.1 cm³/mol. The van der Waals surface area contributed by atoms with E-state index in [2.05, 4.69) is 20.8 Å². The van der Waals surface area contributed by atoms with E-state index in [1.807, 2.05) is 48.5 Å². The highest BCUT2D eigenvalue weighted by atomic mass is 16.7. The molecule has 1 unspecified atom stereocenters. The first kappa shape index (κ1) is 16.9. The number of carbonyl (C=O) groups excluding carboxylic acids is 1. The predicted octanol–water partition coefficient (Wildman–Crippen LogP) is 2.25. The van der Waals surface area contributed by atoms with Gasteiger partial charge in [-0.2, -0.15) is 15.0 Å². The van der Waals surface area contributed by atoms with Gasteiger partial charge in [-0.1, -0.05) is 36.4 Å². The highest BCUT2D eigenvalue weighted by Gasteiger charge is 2.17. The summed E-state index contributed by atoms with van der Waals surface area (Å²) < 4.78 is 10.7. The van der Waals surface area contributed by atoms with Gasteiger partial charge in [0.25, 0.3) is 0 Å². The SMILES string of the molecule is O=C(NCc1ccc2c(c1)OCO2)NC(Cn1nccn1)c1ccccc1. The molecule has 0 radical (unpaired) electrons. The molecule has 138 valence electrons. The topological polar surface area (TPSA) is 90.3 Å². The number of hydrogen-bond acceptors (Lipinski definition) is 5. The molecule has 0 saturated heterocycles. The van der Waals surface area contributed by atoms with Crippen LogP contribution >= 0.6 is 0 Å².